The molecule has 1 saturated heterocycles. The predicted molar refractivity (Wildman–Crippen MR) is 51.2 cm³/mol. The first-order valence-electron chi connectivity index (χ1n) is 5.06. The zero-order valence-corrected chi connectivity index (χ0v) is 8.53. The average Bonchev–Trinajstić information content (AvgIpc) is 2.19. The van der Waals surface area contributed by atoms with Crippen LogP contribution in [0.4, 0.5) is 0 Å². The van der Waals surface area contributed by atoms with E-state index in [1.165, 1.54) is 0 Å². The summed E-state index contributed by atoms with van der Waals surface area (Å²) in [6, 6.07) is 0. The first-order valence-corrected chi connectivity index (χ1v) is 5.06. The molecule has 0 bridgehead atoms. The molecule has 0 atom stereocenters. The molecule has 78 valence electrons. The summed E-state index contributed by atoms with van der Waals surface area (Å²) in [6.45, 7) is 3.83. The number of piperidine rings is 1. The fraction of sp³-hybridized carbons (Fsp3) is 0.800. The van der Waals surface area contributed by atoms with Gasteiger partial charge in [0.1, 0.15) is 0 Å². The minimum absolute atomic E-state index is 0.108. The third-order valence-corrected chi connectivity index (χ3v) is 2.52. The normalized spacial score (nSPS) is 17.6. The first kappa shape index (κ1) is 10.8. The highest BCUT2D eigenvalue weighted by Gasteiger charge is 2.20. The van der Waals surface area contributed by atoms with Crippen molar-refractivity contribution in [2.75, 3.05) is 19.7 Å². The summed E-state index contributed by atoms with van der Waals surface area (Å²) in [7, 11) is 0. The van der Waals surface area contributed by atoms with Crippen LogP contribution in [0.25, 0.3) is 0 Å². The second-order valence-corrected chi connectivity index (χ2v) is 3.54. The number of nitriles is 1. The number of esters is 1. The quantitative estimate of drug-likeness (QED) is 0.501. The van der Waals surface area contributed by atoms with E-state index < -0.39 is 0 Å². The van der Waals surface area contributed by atoms with Gasteiger partial charge in [-0.2, -0.15) is 5.26 Å². The molecule has 0 radical (unpaired) electrons. The Labute approximate surface area is 84.4 Å². The monoisotopic (exact) mass is 196 g/mol. The van der Waals surface area contributed by atoms with Crippen LogP contribution in [0.3, 0.4) is 0 Å². The second kappa shape index (κ2) is 5.48. The SMILES string of the molecule is CCOC(=O)CC1CCN(C#N)CC1. The Balaban J connectivity index is 2.22. The van der Waals surface area contributed by atoms with Crippen molar-refractivity contribution in [3.63, 3.8) is 0 Å². The number of likely N-dealkylation sites (tertiary alicyclic amines) is 1. The summed E-state index contributed by atoms with van der Waals surface area (Å²) in [6.07, 6.45) is 4.47. The highest BCUT2D eigenvalue weighted by Crippen LogP contribution is 2.20. The van der Waals surface area contributed by atoms with Gasteiger partial charge in [-0.15, -0.1) is 0 Å². The van der Waals surface area contributed by atoms with Crippen LogP contribution in [-0.4, -0.2) is 30.6 Å². The molecular weight excluding hydrogens is 180 g/mol. The molecule has 0 N–H and O–H groups in total. The lowest BCUT2D eigenvalue weighted by Gasteiger charge is -2.27. The van der Waals surface area contributed by atoms with Gasteiger partial charge in [0.2, 0.25) is 0 Å². The Morgan fingerprint density at radius 3 is 2.71 bits per heavy atom. The predicted octanol–water partition coefficient (Wildman–Crippen LogP) is 1.13. The Morgan fingerprint density at radius 2 is 2.21 bits per heavy atom. The van der Waals surface area contributed by atoms with E-state index in [0.29, 0.717) is 18.9 Å². The molecule has 0 aromatic carbocycles. The standard InChI is InChI=1S/C10H16N2O2/c1-2-14-10(13)7-9-3-5-12(8-11)6-4-9/h9H,2-7H2,1H3. The lowest BCUT2D eigenvalue weighted by atomic mass is 9.94. The minimum atomic E-state index is -0.108. The second-order valence-electron chi connectivity index (χ2n) is 3.54. The smallest absolute Gasteiger partial charge is 0.306 e. The largest absolute Gasteiger partial charge is 0.466 e. The van der Waals surface area contributed by atoms with E-state index >= 15 is 0 Å². The van der Waals surface area contributed by atoms with E-state index in [1.54, 1.807) is 4.90 Å². The van der Waals surface area contributed by atoms with Crippen molar-refractivity contribution >= 4 is 5.97 Å². The van der Waals surface area contributed by atoms with Crippen molar-refractivity contribution in [1.29, 1.82) is 5.26 Å². The fourth-order valence-corrected chi connectivity index (χ4v) is 1.69. The van der Waals surface area contributed by atoms with Gasteiger partial charge in [-0.3, -0.25) is 4.79 Å². The molecule has 4 nitrogen and oxygen atoms in total. The van der Waals surface area contributed by atoms with Gasteiger partial charge in [-0.1, -0.05) is 0 Å². The highest BCUT2D eigenvalue weighted by atomic mass is 16.5. The van der Waals surface area contributed by atoms with E-state index in [2.05, 4.69) is 6.19 Å². The maximum absolute atomic E-state index is 11.2. The van der Waals surface area contributed by atoms with Gasteiger partial charge in [0.15, 0.2) is 6.19 Å². The van der Waals surface area contributed by atoms with Crippen molar-refractivity contribution in [3.05, 3.63) is 0 Å². The molecule has 0 aromatic rings. The maximum atomic E-state index is 11.2. The zero-order valence-electron chi connectivity index (χ0n) is 8.53. The number of carbonyl (C=O) groups is 1. The summed E-state index contributed by atoms with van der Waals surface area (Å²) in [5.41, 5.74) is 0. The molecule has 0 unspecified atom stereocenters. The number of carbonyl (C=O) groups excluding carboxylic acids is 1. The van der Waals surface area contributed by atoms with Crippen molar-refractivity contribution in [2.45, 2.75) is 26.2 Å². The fourth-order valence-electron chi connectivity index (χ4n) is 1.69. The van der Waals surface area contributed by atoms with Gasteiger partial charge in [-0.05, 0) is 25.7 Å². The van der Waals surface area contributed by atoms with Gasteiger partial charge in [0.05, 0.1) is 6.61 Å². The van der Waals surface area contributed by atoms with Crippen molar-refractivity contribution in [3.8, 4) is 6.19 Å². The molecule has 1 heterocycles. The topological polar surface area (TPSA) is 53.3 Å². The third-order valence-electron chi connectivity index (χ3n) is 2.52. The van der Waals surface area contributed by atoms with Crippen LogP contribution in [0.2, 0.25) is 0 Å². The molecule has 4 heteroatoms. The number of hydrogen-bond acceptors (Lipinski definition) is 4. The number of rotatable bonds is 3. The van der Waals surface area contributed by atoms with Gasteiger partial charge in [-0.25, -0.2) is 0 Å². The third kappa shape index (κ3) is 3.25. The van der Waals surface area contributed by atoms with Gasteiger partial charge in [0.25, 0.3) is 0 Å². The number of nitrogens with zero attached hydrogens (tertiary/aromatic N) is 2. The lowest BCUT2D eigenvalue weighted by molar-refractivity contribution is -0.144. The molecule has 1 rings (SSSR count). The Morgan fingerprint density at radius 1 is 1.57 bits per heavy atom. The molecule has 1 fully saturated rings. The van der Waals surface area contributed by atoms with Gasteiger partial charge >= 0.3 is 5.97 Å². The summed E-state index contributed by atoms with van der Waals surface area (Å²) in [5, 5.41) is 8.63. The van der Waals surface area contributed by atoms with Crippen LogP contribution in [0.1, 0.15) is 26.2 Å². The Kier molecular flexibility index (Phi) is 4.24. The van der Waals surface area contributed by atoms with Crippen LogP contribution in [0.15, 0.2) is 0 Å². The van der Waals surface area contributed by atoms with Crippen LogP contribution in [0, 0.1) is 17.4 Å². The molecule has 1 aliphatic heterocycles. The number of ether oxygens (including phenoxy) is 1. The van der Waals surface area contributed by atoms with Crippen molar-refractivity contribution in [1.82, 2.24) is 4.90 Å². The summed E-state index contributed by atoms with van der Waals surface area (Å²) < 4.78 is 4.88. The summed E-state index contributed by atoms with van der Waals surface area (Å²) in [5.74, 6) is 0.293. The van der Waals surface area contributed by atoms with Gasteiger partial charge < -0.3 is 9.64 Å². The first-order chi connectivity index (χ1) is 6.76. The Hall–Kier alpha value is -1.24. The van der Waals surface area contributed by atoms with E-state index in [9.17, 15) is 4.79 Å². The van der Waals surface area contributed by atoms with Crippen LogP contribution in [0.5, 0.6) is 0 Å². The molecule has 0 aliphatic carbocycles. The Bertz CT molecular complexity index is 227. The molecule has 0 aromatic heterocycles. The van der Waals surface area contributed by atoms with Crippen LogP contribution < -0.4 is 0 Å². The molecule has 0 amide bonds. The van der Waals surface area contributed by atoms with Crippen LogP contribution >= 0.6 is 0 Å². The molecule has 14 heavy (non-hydrogen) atoms. The van der Waals surface area contributed by atoms with E-state index in [-0.39, 0.29) is 5.97 Å². The van der Waals surface area contributed by atoms with Gasteiger partial charge in [0, 0.05) is 19.5 Å². The lowest BCUT2D eigenvalue weighted by Crippen LogP contribution is -2.31. The molecule has 1 aliphatic rings. The van der Waals surface area contributed by atoms with Crippen molar-refractivity contribution < 1.29 is 9.53 Å². The average molecular weight is 196 g/mol. The summed E-state index contributed by atoms with van der Waals surface area (Å²) >= 11 is 0. The molecule has 0 spiro atoms. The highest BCUT2D eigenvalue weighted by molar-refractivity contribution is 5.69. The summed E-state index contributed by atoms with van der Waals surface area (Å²) in [4.78, 5) is 12.9. The van der Waals surface area contributed by atoms with Crippen molar-refractivity contribution in [2.24, 2.45) is 5.92 Å². The minimum Gasteiger partial charge on any atom is -0.466 e. The van der Waals surface area contributed by atoms with E-state index in [0.717, 1.165) is 25.9 Å². The van der Waals surface area contributed by atoms with E-state index in [1.807, 2.05) is 6.92 Å². The maximum Gasteiger partial charge on any atom is 0.306 e. The molecular formula is C10H16N2O2. The van der Waals surface area contributed by atoms with Crippen LogP contribution in [-0.2, 0) is 9.53 Å². The zero-order chi connectivity index (χ0) is 10.4. The molecule has 0 saturated carbocycles. The number of hydrogen-bond donors (Lipinski definition) is 0. The van der Waals surface area contributed by atoms with E-state index in [4.69, 9.17) is 10.00 Å².